The number of anilines is 2. The summed E-state index contributed by atoms with van der Waals surface area (Å²) in [6, 6.07) is 8.79. The minimum absolute atomic E-state index is 0.0972. The third-order valence-corrected chi connectivity index (χ3v) is 6.22. The Bertz CT molecular complexity index is 947. The lowest BCUT2D eigenvalue weighted by atomic mass is 10.1. The van der Waals surface area contributed by atoms with Crippen LogP contribution < -0.4 is 9.62 Å². The second-order valence-electron chi connectivity index (χ2n) is 5.82. The topological polar surface area (TPSA) is 66.5 Å². The molecule has 5 nitrogen and oxygen atoms in total. The smallest absolute Gasteiger partial charge is 0.255 e. The van der Waals surface area contributed by atoms with Crippen LogP contribution in [0, 0.1) is 12.7 Å². The highest BCUT2D eigenvalue weighted by Crippen LogP contribution is 2.31. The first-order chi connectivity index (χ1) is 11.8. The Morgan fingerprint density at radius 1 is 1.24 bits per heavy atom. The SMILES string of the molecule is Cc1ccc(C(=O)Nc2cc(N3CCCS3(=O)=O)ccc2Cl)cc1F. The molecule has 8 heteroatoms. The van der Waals surface area contributed by atoms with Gasteiger partial charge >= 0.3 is 0 Å². The van der Waals surface area contributed by atoms with Crippen LogP contribution in [0.15, 0.2) is 36.4 Å². The first-order valence-corrected chi connectivity index (χ1v) is 9.64. The quantitative estimate of drug-likeness (QED) is 0.882. The van der Waals surface area contributed by atoms with E-state index < -0.39 is 21.7 Å². The Labute approximate surface area is 150 Å². The highest BCUT2D eigenvalue weighted by atomic mass is 35.5. The number of aryl methyl sites for hydroxylation is 1. The highest BCUT2D eigenvalue weighted by Gasteiger charge is 2.28. The van der Waals surface area contributed by atoms with Gasteiger partial charge in [-0.05, 0) is 49.2 Å². The summed E-state index contributed by atoms with van der Waals surface area (Å²) in [5.41, 5.74) is 1.30. The fourth-order valence-corrected chi connectivity index (χ4v) is 4.34. The van der Waals surface area contributed by atoms with Crippen LogP contribution in [0.1, 0.15) is 22.3 Å². The van der Waals surface area contributed by atoms with Crippen LogP contribution in [0.25, 0.3) is 0 Å². The molecule has 0 atom stereocenters. The maximum absolute atomic E-state index is 13.6. The highest BCUT2D eigenvalue weighted by molar-refractivity contribution is 7.93. The van der Waals surface area contributed by atoms with E-state index in [4.69, 9.17) is 11.6 Å². The summed E-state index contributed by atoms with van der Waals surface area (Å²) in [4.78, 5) is 12.3. The normalized spacial score (nSPS) is 16.0. The molecular formula is C17H16ClFN2O3S. The van der Waals surface area contributed by atoms with Crippen molar-refractivity contribution in [3.63, 3.8) is 0 Å². The lowest BCUT2D eigenvalue weighted by Gasteiger charge is -2.18. The average Bonchev–Trinajstić information content (AvgIpc) is 2.91. The molecular weight excluding hydrogens is 367 g/mol. The molecule has 1 fully saturated rings. The molecule has 0 saturated carbocycles. The number of amides is 1. The number of sulfonamides is 1. The predicted molar refractivity (Wildman–Crippen MR) is 96.3 cm³/mol. The van der Waals surface area contributed by atoms with E-state index in [1.165, 1.54) is 28.6 Å². The maximum Gasteiger partial charge on any atom is 0.255 e. The third kappa shape index (κ3) is 3.62. The Kier molecular flexibility index (Phi) is 4.71. The summed E-state index contributed by atoms with van der Waals surface area (Å²) in [5, 5.41) is 2.87. The van der Waals surface area contributed by atoms with E-state index in [0.29, 0.717) is 24.2 Å². The van der Waals surface area contributed by atoms with Gasteiger partial charge in [0.2, 0.25) is 10.0 Å². The van der Waals surface area contributed by atoms with Gasteiger partial charge in [0.1, 0.15) is 5.82 Å². The number of carbonyl (C=O) groups is 1. The molecule has 1 N–H and O–H groups in total. The summed E-state index contributed by atoms with van der Waals surface area (Å²) >= 11 is 6.11. The van der Waals surface area contributed by atoms with E-state index in [1.54, 1.807) is 13.0 Å². The first-order valence-electron chi connectivity index (χ1n) is 7.65. The average molecular weight is 383 g/mol. The maximum atomic E-state index is 13.6. The molecule has 25 heavy (non-hydrogen) atoms. The zero-order valence-electron chi connectivity index (χ0n) is 13.4. The van der Waals surface area contributed by atoms with E-state index in [9.17, 15) is 17.6 Å². The number of benzene rings is 2. The second-order valence-corrected chi connectivity index (χ2v) is 8.24. The van der Waals surface area contributed by atoms with E-state index in [1.807, 2.05) is 0 Å². The summed E-state index contributed by atoms with van der Waals surface area (Å²) in [5.74, 6) is -0.905. The van der Waals surface area contributed by atoms with Crippen molar-refractivity contribution < 1.29 is 17.6 Å². The van der Waals surface area contributed by atoms with Crippen LogP contribution in [0.3, 0.4) is 0 Å². The molecule has 0 radical (unpaired) electrons. The zero-order chi connectivity index (χ0) is 18.2. The summed E-state index contributed by atoms with van der Waals surface area (Å²) in [6.07, 6.45) is 0.551. The first kappa shape index (κ1) is 17.7. The Balaban J connectivity index is 1.88. The van der Waals surface area contributed by atoms with Gasteiger partial charge in [0.05, 0.1) is 22.2 Å². The van der Waals surface area contributed by atoms with Crippen molar-refractivity contribution >= 4 is 38.9 Å². The van der Waals surface area contributed by atoms with Crippen LogP contribution in [0.2, 0.25) is 5.02 Å². The van der Waals surface area contributed by atoms with Crippen LogP contribution in [0.5, 0.6) is 0 Å². The number of hydrogen-bond acceptors (Lipinski definition) is 3. The number of rotatable bonds is 3. The molecule has 0 unspecified atom stereocenters. The van der Waals surface area contributed by atoms with Gasteiger partial charge in [-0.3, -0.25) is 9.10 Å². The molecule has 3 rings (SSSR count). The number of hydrogen-bond donors (Lipinski definition) is 1. The van der Waals surface area contributed by atoms with Crippen LogP contribution in [-0.4, -0.2) is 26.6 Å². The van der Waals surface area contributed by atoms with Gasteiger partial charge in [-0.25, -0.2) is 12.8 Å². The number of carbonyl (C=O) groups excluding carboxylic acids is 1. The number of nitrogens with zero attached hydrogens (tertiary/aromatic N) is 1. The second kappa shape index (κ2) is 6.65. The molecule has 1 heterocycles. The van der Waals surface area contributed by atoms with Crippen molar-refractivity contribution in [2.75, 3.05) is 21.9 Å². The van der Waals surface area contributed by atoms with Gasteiger partial charge in [0, 0.05) is 12.1 Å². The largest absolute Gasteiger partial charge is 0.321 e. The molecule has 1 saturated heterocycles. The fraction of sp³-hybridized carbons (Fsp3) is 0.235. The Morgan fingerprint density at radius 3 is 2.64 bits per heavy atom. The number of nitrogens with one attached hydrogen (secondary N) is 1. The van der Waals surface area contributed by atoms with Crippen molar-refractivity contribution in [3.05, 3.63) is 58.4 Å². The molecule has 0 aromatic heterocycles. The van der Waals surface area contributed by atoms with Gasteiger partial charge < -0.3 is 5.32 Å². The van der Waals surface area contributed by atoms with Gasteiger partial charge in [-0.1, -0.05) is 17.7 Å². The van der Waals surface area contributed by atoms with E-state index in [0.717, 1.165) is 6.07 Å². The third-order valence-electron chi connectivity index (χ3n) is 4.02. The molecule has 0 aliphatic carbocycles. The van der Waals surface area contributed by atoms with E-state index in [-0.39, 0.29) is 22.0 Å². The van der Waals surface area contributed by atoms with E-state index in [2.05, 4.69) is 5.32 Å². The minimum Gasteiger partial charge on any atom is -0.321 e. The molecule has 1 aliphatic heterocycles. The zero-order valence-corrected chi connectivity index (χ0v) is 15.0. The fourth-order valence-electron chi connectivity index (χ4n) is 2.62. The monoisotopic (exact) mass is 382 g/mol. The van der Waals surface area contributed by atoms with Crippen molar-refractivity contribution in [1.29, 1.82) is 0 Å². The van der Waals surface area contributed by atoms with Crippen molar-refractivity contribution in [2.45, 2.75) is 13.3 Å². The molecule has 1 amide bonds. The molecule has 1 aliphatic rings. The lowest BCUT2D eigenvalue weighted by molar-refractivity contribution is 0.102. The van der Waals surface area contributed by atoms with Gasteiger partial charge in [0.15, 0.2) is 0 Å². The van der Waals surface area contributed by atoms with Gasteiger partial charge in [0.25, 0.3) is 5.91 Å². The minimum atomic E-state index is -3.33. The summed E-state index contributed by atoms with van der Waals surface area (Å²) < 4.78 is 39.0. The number of halogens is 2. The van der Waals surface area contributed by atoms with Crippen molar-refractivity contribution in [2.24, 2.45) is 0 Å². The van der Waals surface area contributed by atoms with Gasteiger partial charge in [-0.15, -0.1) is 0 Å². The Morgan fingerprint density at radius 2 is 2.00 bits per heavy atom. The Hall–Kier alpha value is -2.12. The van der Waals surface area contributed by atoms with Crippen LogP contribution >= 0.6 is 11.6 Å². The standard InChI is InChI=1S/C17H16ClFN2O3S/c1-11-3-4-12(9-15(11)19)17(22)20-16-10-13(5-6-14(16)18)21-7-2-8-25(21,23)24/h3-6,9-10H,2,7-8H2,1H3,(H,20,22). The summed E-state index contributed by atoms with van der Waals surface area (Å²) in [6.45, 7) is 1.99. The van der Waals surface area contributed by atoms with Gasteiger partial charge in [-0.2, -0.15) is 0 Å². The van der Waals surface area contributed by atoms with Crippen molar-refractivity contribution in [1.82, 2.24) is 0 Å². The predicted octanol–water partition coefficient (Wildman–Crippen LogP) is 3.58. The molecule has 132 valence electrons. The molecule has 2 aromatic carbocycles. The molecule has 0 bridgehead atoms. The lowest BCUT2D eigenvalue weighted by Crippen LogP contribution is -2.25. The van der Waals surface area contributed by atoms with E-state index >= 15 is 0 Å². The molecule has 2 aromatic rings. The summed E-state index contributed by atoms with van der Waals surface area (Å²) in [7, 11) is -3.33. The molecule has 0 spiro atoms. The van der Waals surface area contributed by atoms with Crippen molar-refractivity contribution in [3.8, 4) is 0 Å². The van der Waals surface area contributed by atoms with Crippen LogP contribution in [-0.2, 0) is 10.0 Å². The van der Waals surface area contributed by atoms with Crippen LogP contribution in [0.4, 0.5) is 15.8 Å².